The first-order valence-corrected chi connectivity index (χ1v) is 10.5. The van der Waals surface area contributed by atoms with Crippen LogP contribution in [-0.2, 0) is 28.9 Å². The molecule has 0 bridgehead atoms. The summed E-state index contributed by atoms with van der Waals surface area (Å²) in [5, 5.41) is 2.76. The zero-order valence-electron chi connectivity index (χ0n) is 16.1. The molecule has 0 aliphatic heterocycles. The molecule has 1 aromatic carbocycles. The number of hydrogen-bond donors (Lipinski definition) is 0. The highest BCUT2D eigenvalue weighted by atomic mass is 32.1. The summed E-state index contributed by atoms with van der Waals surface area (Å²) in [6, 6.07) is 11.5. The fourth-order valence-corrected chi connectivity index (χ4v) is 4.46. The number of ether oxygens (including phenoxy) is 1. The second-order valence-corrected chi connectivity index (χ2v) is 8.03. The van der Waals surface area contributed by atoms with E-state index >= 15 is 0 Å². The van der Waals surface area contributed by atoms with Crippen LogP contribution < -0.4 is 0 Å². The number of hydrogen-bond acceptors (Lipinski definition) is 5. The second-order valence-electron chi connectivity index (χ2n) is 7.00. The number of carbonyl (C=O) groups is 2. The number of nitrogens with zero attached hydrogens (tertiary/aromatic N) is 2. The van der Waals surface area contributed by atoms with Gasteiger partial charge >= 0.3 is 5.97 Å². The van der Waals surface area contributed by atoms with Crippen LogP contribution >= 0.6 is 11.3 Å². The van der Waals surface area contributed by atoms with E-state index in [0.29, 0.717) is 18.7 Å². The van der Waals surface area contributed by atoms with Gasteiger partial charge in [0.05, 0.1) is 17.6 Å². The van der Waals surface area contributed by atoms with Crippen LogP contribution in [0.3, 0.4) is 0 Å². The van der Waals surface area contributed by atoms with Crippen molar-refractivity contribution in [1.82, 2.24) is 9.88 Å². The summed E-state index contributed by atoms with van der Waals surface area (Å²) in [5.41, 5.74) is 3.28. The van der Waals surface area contributed by atoms with Crippen LogP contribution in [0.2, 0.25) is 0 Å². The molecule has 0 unspecified atom stereocenters. The van der Waals surface area contributed by atoms with Gasteiger partial charge in [-0.3, -0.25) is 9.78 Å². The summed E-state index contributed by atoms with van der Waals surface area (Å²) in [4.78, 5) is 33.1. The molecular weight excluding hydrogens is 384 g/mol. The number of aromatic nitrogens is 1. The maximum Gasteiger partial charge on any atom is 0.339 e. The van der Waals surface area contributed by atoms with Gasteiger partial charge in [0.2, 0.25) is 0 Å². The molecule has 0 saturated heterocycles. The number of rotatable bonds is 7. The molecule has 5 nitrogen and oxygen atoms in total. The second kappa shape index (κ2) is 8.57. The van der Waals surface area contributed by atoms with Gasteiger partial charge in [0.25, 0.3) is 5.91 Å². The average molecular weight is 407 g/mol. The van der Waals surface area contributed by atoms with E-state index < -0.39 is 5.97 Å². The first-order chi connectivity index (χ1) is 14.2. The minimum atomic E-state index is -0.454. The molecule has 0 spiro atoms. The quantitative estimate of drug-likeness (QED) is 0.437. The zero-order valence-corrected chi connectivity index (χ0v) is 16.9. The average Bonchev–Trinajstić information content (AvgIpc) is 3.41. The molecule has 0 fully saturated rings. The molecular formula is C23H22N2O3S. The maximum absolute atomic E-state index is 13.0. The fraction of sp³-hybridized carbons (Fsp3) is 0.261. The summed E-state index contributed by atoms with van der Waals surface area (Å²) >= 11 is 1.59. The molecule has 148 valence electrons. The number of para-hydroxylation sites is 1. The van der Waals surface area contributed by atoms with E-state index in [4.69, 9.17) is 9.72 Å². The normalized spacial score (nSPS) is 12.6. The third-order valence-electron chi connectivity index (χ3n) is 5.08. The van der Waals surface area contributed by atoms with Crippen molar-refractivity contribution in [2.75, 3.05) is 13.2 Å². The van der Waals surface area contributed by atoms with Crippen LogP contribution in [0.5, 0.6) is 0 Å². The van der Waals surface area contributed by atoms with E-state index in [-0.39, 0.29) is 12.5 Å². The van der Waals surface area contributed by atoms with E-state index in [1.807, 2.05) is 41.8 Å². The lowest BCUT2D eigenvalue weighted by Gasteiger charge is -2.20. The lowest BCUT2D eigenvalue weighted by Crippen LogP contribution is -2.34. The monoisotopic (exact) mass is 406 g/mol. The highest BCUT2D eigenvalue weighted by Crippen LogP contribution is 2.30. The minimum Gasteiger partial charge on any atom is -0.452 e. The van der Waals surface area contributed by atoms with Crippen molar-refractivity contribution < 1.29 is 14.3 Å². The molecule has 29 heavy (non-hydrogen) atoms. The molecule has 3 aromatic rings. The van der Waals surface area contributed by atoms with Gasteiger partial charge < -0.3 is 9.64 Å². The van der Waals surface area contributed by atoms with Crippen LogP contribution in [0.25, 0.3) is 10.9 Å². The van der Waals surface area contributed by atoms with Crippen molar-refractivity contribution in [1.29, 1.82) is 0 Å². The maximum atomic E-state index is 13.0. The van der Waals surface area contributed by atoms with Crippen molar-refractivity contribution in [2.24, 2.45) is 0 Å². The number of esters is 1. The third kappa shape index (κ3) is 4.07. The van der Waals surface area contributed by atoms with Crippen LogP contribution in [0, 0.1) is 0 Å². The fourth-order valence-electron chi connectivity index (χ4n) is 3.74. The number of amides is 1. The van der Waals surface area contributed by atoms with Crippen molar-refractivity contribution in [3.8, 4) is 0 Å². The Hall–Kier alpha value is -2.99. The molecule has 1 amide bonds. The Labute approximate surface area is 173 Å². The molecule has 0 atom stereocenters. The first kappa shape index (κ1) is 19.3. The number of fused-ring (bicyclic) bond motifs is 2. The van der Waals surface area contributed by atoms with E-state index in [1.54, 1.807) is 22.3 Å². The molecule has 0 radical (unpaired) electrons. The Bertz CT molecular complexity index is 1060. The molecule has 4 rings (SSSR count). The largest absolute Gasteiger partial charge is 0.452 e. The van der Waals surface area contributed by atoms with Gasteiger partial charge in [-0.1, -0.05) is 30.3 Å². The highest BCUT2D eigenvalue weighted by molar-refractivity contribution is 7.09. The highest BCUT2D eigenvalue weighted by Gasteiger charge is 2.25. The van der Waals surface area contributed by atoms with Crippen molar-refractivity contribution in [2.45, 2.75) is 25.8 Å². The minimum absolute atomic E-state index is 0.235. The summed E-state index contributed by atoms with van der Waals surface area (Å²) < 4.78 is 5.48. The van der Waals surface area contributed by atoms with Crippen LogP contribution in [0.4, 0.5) is 0 Å². The van der Waals surface area contributed by atoms with Crippen LogP contribution in [0.15, 0.2) is 54.4 Å². The lowest BCUT2D eigenvalue weighted by molar-refractivity contribution is -0.134. The van der Waals surface area contributed by atoms with E-state index in [9.17, 15) is 9.59 Å². The molecule has 0 saturated carbocycles. The molecule has 2 aromatic heterocycles. The SMILES string of the molecule is C=CCN(Cc1cccs1)C(=O)COC(=O)c1c2c(nc3ccccc13)CCC2. The summed E-state index contributed by atoms with van der Waals surface area (Å²) in [6.45, 7) is 4.32. The Morgan fingerprint density at radius 1 is 1.21 bits per heavy atom. The topological polar surface area (TPSA) is 59.5 Å². The predicted molar refractivity (Wildman–Crippen MR) is 114 cm³/mol. The van der Waals surface area contributed by atoms with Crippen LogP contribution in [-0.4, -0.2) is 34.9 Å². The van der Waals surface area contributed by atoms with Gasteiger partial charge in [-0.05, 0) is 42.3 Å². The first-order valence-electron chi connectivity index (χ1n) is 9.66. The van der Waals surface area contributed by atoms with E-state index in [2.05, 4.69) is 6.58 Å². The smallest absolute Gasteiger partial charge is 0.339 e. The molecule has 6 heteroatoms. The number of pyridine rings is 1. The number of carbonyl (C=O) groups excluding carboxylic acids is 2. The predicted octanol–water partition coefficient (Wildman–Crippen LogP) is 4.16. The van der Waals surface area contributed by atoms with E-state index in [0.717, 1.165) is 46.3 Å². The Balaban J connectivity index is 1.52. The lowest BCUT2D eigenvalue weighted by atomic mass is 10.0. The Morgan fingerprint density at radius 3 is 2.86 bits per heavy atom. The summed E-state index contributed by atoms with van der Waals surface area (Å²) in [5.74, 6) is -0.688. The third-order valence-corrected chi connectivity index (χ3v) is 5.94. The van der Waals surface area contributed by atoms with Gasteiger partial charge in [-0.15, -0.1) is 17.9 Å². The van der Waals surface area contributed by atoms with E-state index in [1.165, 1.54) is 0 Å². The van der Waals surface area contributed by atoms with Gasteiger partial charge in [0, 0.05) is 22.5 Å². The Kier molecular flexibility index (Phi) is 5.71. The summed E-state index contributed by atoms with van der Waals surface area (Å²) in [7, 11) is 0. The van der Waals surface area contributed by atoms with Gasteiger partial charge in [0.15, 0.2) is 6.61 Å². The number of benzene rings is 1. The van der Waals surface area contributed by atoms with Crippen LogP contribution in [0.1, 0.15) is 32.9 Å². The number of aryl methyl sites for hydroxylation is 1. The van der Waals surface area contributed by atoms with Crippen molar-refractivity contribution in [3.05, 3.63) is 76.1 Å². The molecule has 2 heterocycles. The van der Waals surface area contributed by atoms with Gasteiger partial charge in [0.1, 0.15) is 0 Å². The number of thiophene rings is 1. The van der Waals surface area contributed by atoms with Gasteiger partial charge in [-0.25, -0.2) is 4.79 Å². The molecule has 1 aliphatic rings. The van der Waals surface area contributed by atoms with Crippen molar-refractivity contribution >= 4 is 34.1 Å². The summed E-state index contributed by atoms with van der Waals surface area (Å²) in [6.07, 6.45) is 4.34. The zero-order chi connectivity index (χ0) is 20.2. The van der Waals surface area contributed by atoms with Gasteiger partial charge in [-0.2, -0.15) is 0 Å². The molecule has 0 N–H and O–H groups in total. The van der Waals surface area contributed by atoms with Crippen molar-refractivity contribution in [3.63, 3.8) is 0 Å². The molecule has 1 aliphatic carbocycles. The standard InChI is InChI=1S/C23H22N2O3S/c1-2-12-25(14-16-7-6-13-29-16)21(26)15-28-23(27)22-17-8-3-4-10-19(17)24-20-11-5-9-18(20)22/h2-4,6-8,10,13H,1,5,9,11-12,14-15H2. The Morgan fingerprint density at radius 2 is 2.07 bits per heavy atom.